The molecule has 0 atom stereocenters. The Morgan fingerprint density at radius 3 is 2.62 bits per heavy atom. The van der Waals surface area contributed by atoms with E-state index in [1.807, 2.05) is 24.3 Å². The molecule has 0 bridgehead atoms. The van der Waals surface area contributed by atoms with E-state index >= 15 is 0 Å². The second-order valence-electron chi connectivity index (χ2n) is 5.08. The summed E-state index contributed by atoms with van der Waals surface area (Å²) in [5, 5.41) is 0. The summed E-state index contributed by atoms with van der Waals surface area (Å²) >= 11 is 3.39. The molecular formula is C16H18BrNO3. The molecule has 1 aromatic rings. The Bertz CT molecular complexity index is 536. The summed E-state index contributed by atoms with van der Waals surface area (Å²) in [6, 6.07) is 7.54. The molecule has 1 N–H and O–H groups in total. The first kappa shape index (κ1) is 15.8. The van der Waals surface area contributed by atoms with Gasteiger partial charge in [-0.2, -0.15) is 5.48 Å². The Morgan fingerprint density at radius 2 is 1.90 bits per heavy atom. The van der Waals surface area contributed by atoms with E-state index in [2.05, 4.69) is 21.4 Å². The Labute approximate surface area is 132 Å². The lowest BCUT2D eigenvalue weighted by Crippen LogP contribution is -2.30. The highest BCUT2D eigenvalue weighted by Crippen LogP contribution is 2.24. The summed E-state index contributed by atoms with van der Waals surface area (Å²) < 4.78 is 0.897. The molecule has 2 rings (SSSR count). The molecule has 0 aromatic heterocycles. The van der Waals surface area contributed by atoms with Gasteiger partial charge in [0.15, 0.2) is 0 Å². The van der Waals surface area contributed by atoms with Gasteiger partial charge in [0.1, 0.15) is 0 Å². The predicted octanol–water partition coefficient (Wildman–Crippen LogP) is 3.62. The number of hydrogen-bond donors (Lipinski definition) is 1. The fraction of sp³-hybridized carbons (Fsp3) is 0.375. The highest BCUT2D eigenvalue weighted by atomic mass is 79.9. The van der Waals surface area contributed by atoms with Gasteiger partial charge in [0.25, 0.3) is 5.91 Å². The van der Waals surface area contributed by atoms with Crippen LogP contribution in [0.2, 0.25) is 0 Å². The monoisotopic (exact) mass is 351 g/mol. The van der Waals surface area contributed by atoms with Crippen LogP contribution in [0.1, 0.15) is 37.7 Å². The molecule has 1 saturated carbocycles. The van der Waals surface area contributed by atoms with Crippen molar-refractivity contribution in [1.82, 2.24) is 5.48 Å². The number of amides is 1. The maximum absolute atomic E-state index is 11.8. The molecule has 21 heavy (non-hydrogen) atoms. The topological polar surface area (TPSA) is 55.4 Å². The molecule has 5 heteroatoms. The normalized spacial score (nSPS) is 15.9. The van der Waals surface area contributed by atoms with E-state index in [-0.39, 0.29) is 11.9 Å². The summed E-state index contributed by atoms with van der Waals surface area (Å²) in [6.07, 6.45) is 7.97. The summed E-state index contributed by atoms with van der Waals surface area (Å²) in [6.45, 7) is 0. The van der Waals surface area contributed by atoms with Crippen LogP contribution >= 0.6 is 15.9 Å². The van der Waals surface area contributed by atoms with E-state index in [1.165, 1.54) is 12.5 Å². The van der Waals surface area contributed by atoms with Crippen molar-refractivity contribution in [3.63, 3.8) is 0 Å². The van der Waals surface area contributed by atoms with Crippen LogP contribution in [0.3, 0.4) is 0 Å². The molecule has 0 unspecified atom stereocenters. The zero-order valence-corrected chi connectivity index (χ0v) is 13.3. The third kappa shape index (κ3) is 5.01. The van der Waals surface area contributed by atoms with Crippen molar-refractivity contribution in [1.29, 1.82) is 0 Å². The van der Waals surface area contributed by atoms with Gasteiger partial charge in [0.2, 0.25) is 0 Å². The van der Waals surface area contributed by atoms with E-state index in [4.69, 9.17) is 4.84 Å². The van der Waals surface area contributed by atoms with Gasteiger partial charge < -0.3 is 4.84 Å². The van der Waals surface area contributed by atoms with Crippen LogP contribution in [0.15, 0.2) is 34.8 Å². The quantitative estimate of drug-likeness (QED) is 0.668. The first-order valence-corrected chi connectivity index (χ1v) is 7.89. The zero-order chi connectivity index (χ0) is 15.1. The molecule has 1 amide bonds. The standard InChI is InChI=1S/C16H18BrNO3/c17-14-9-5-4-6-12(14)10-11-15(19)18-21-16(20)13-7-2-1-3-8-13/h4-6,9-11,13H,1-3,7-8H2,(H,18,19). The molecule has 1 aliphatic rings. The largest absolute Gasteiger partial charge is 0.340 e. The number of carbonyl (C=O) groups excluding carboxylic acids is 2. The van der Waals surface area contributed by atoms with Gasteiger partial charge in [-0.25, -0.2) is 4.79 Å². The van der Waals surface area contributed by atoms with Crippen LogP contribution in [-0.4, -0.2) is 11.9 Å². The number of benzene rings is 1. The minimum absolute atomic E-state index is 0.0775. The van der Waals surface area contributed by atoms with Crippen LogP contribution in [0.25, 0.3) is 6.08 Å². The zero-order valence-electron chi connectivity index (χ0n) is 11.7. The smallest absolute Gasteiger partial charge is 0.335 e. The number of hydrogen-bond acceptors (Lipinski definition) is 3. The molecule has 1 fully saturated rings. The van der Waals surface area contributed by atoms with Crippen LogP contribution in [0.5, 0.6) is 0 Å². The molecule has 1 aromatic carbocycles. The lowest BCUT2D eigenvalue weighted by molar-refractivity contribution is -0.161. The van der Waals surface area contributed by atoms with E-state index in [0.29, 0.717) is 0 Å². The minimum Gasteiger partial charge on any atom is -0.340 e. The molecule has 0 heterocycles. The maximum Gasteiger partial charge on any atom is 0.335 e. The molecule has 112 valence electrons. The van der Waals surface area contributed by atoms with E-state index < -0.39 is 5.91 Å². The van der Waals surface area contributed by atoms with Crippen LogP contribution in [0.4, 0.5) is 0 Å². The molecule has 0 aliphatic heterocycles. The first-order valence-electron chi connectivity index (χ1n) is 7.10. The summed E-state index contributed by atoms with van der Waals surface area (Å²) in [4.78, 5) is 28.2. The molecule has 0 radical (unpaired) electrons. The third-order valence-corrected chi connectivity index (χ3v) is 4.23. The fourth-order valence-electron chi connectivity index (χ4n) is 2.33. The van der Waals surface area contributed by atoms with Crippen LogP contribution in [-0.2, 0) is 14.4 Å². The Morgan fingerprint density at radius 1 is 1.19 bits per heavy atom. The Kier molecular flexibility index (Phi) is 5.99. The van der Waals surface area contributed by atoms with Gasteiger partial charge in [-0.15, -0.1) is 0 Å². The first-order chi connectivity index (χ1) is 10.2. The molecule has 0 spiro atoms. The van der Waals surface area contributed by atoms with Crippen molar-refractivity contribution < 1.29 is 14.4 Å². The third-order valence-electron chi connectivity index (χ3n) is 3.51. The summed E-state index contributed by atoms with van der Waals surface area (Å²) in [7, 11) is 0. The van der Waals surface area contributed by atoms with E-state index in [9.17, 15) is 9.59 Å². The van der Waals surface area contributed by atoms with Crippen molar-refractivity contribution in [3.05, 3.63) is 40.4 Å². The fourth-order valence-corrected chi connectivity index (χ4v) is 2.75. The highest BCUT2D eigenvalue weighted by Gasteiger charge is 2.23. The van der Waals surface area contributed by atoms with E-state index in [0.717, 1.165) is 35.7 Å². The highest BCUT2D eigenvalue weighted by molar-refractivity contribution is 9.10. The average molecular weight is 352 g/mol. The Balaban J connectivity index is 1.79. The van der Waals surface area contributed by atoms with Crippen LogP contribution < -0.4 is 5.48 Å². The molecule has 4 nitrogen and oxygen atoms in total. The van der Waals surface area contributed by atoms with Gasteiger partial charge in [-0.3, -0.25) is 4.79 Å². The number of rotatable bonds is 3. The molecular weight excluding hydrogens is 334 g/mol. The van der Waals surface area contributed by atoms with Crippen molar-refractivity contribution >= 4 is 33.9 Å². The van der Waals surface area contributed by atoms with Crippen LogP contribution in [0, 0.1) is 5.92 Å². The van der Waals surface area contributed by atoms with Gasteiger partial charge in [-0.1, -0.05) is 53.4 Å². The van der Waals surface area contributed by atoms with Crippen molar-refractivity contribution in [2.24, 2.45) is 5.92 Å². The molecule has 0 saturated heterocycles. The second kappa shape index (κ2) is 7.98. The number of halogens is 1. The maximum atomic E-state index is 11.8. The number of nitrogens with one attached hydrogen (secondary N) is 1. The number of carbonyl (C=O) groups is 2. The van der Waals surface area contributed by atoms with Crippen molar-refractivity contribution in [3.8, 4) is 0 Å². The SMILES string of the molecule is O=C(C=Cc1ccccc1Br)NOC(=O)C1CCCCC1. The predicted molar refractivity (Wildman–Crippen MR) is 84.0 cm³/mol. The lowest BCUT2D eigenvalue weighted by Gasteiger charge is -2.19. The minimum atomic E-state index is -0.449. The van der Waals surface area contributed by atoms with Gasteiger partial charge in [0.05, 0.1) is 5.92 Å². The van der Waals surface area contributed by atoms with Crippen molar-refractivity contribution in [2.45, 2.75) is 32.1 Å². The average Bonchev–Trinajstić information content (AvgIpc) is 2.52. The van der Waals surface area contributed by atoms with Gasteiger partial charge in [-0.05, 0) is 30.5 Å². The van der Waals surface area contributed by atoms with Gasteiger partial charge >= 0.3 is 5.97 Å². The number of hydroxylamine groups is 1. The second-order valence-corrected chi connectivity index (χ2v) is 5.93. The lowest BCUT2D eigenvalue weighted by atomic mass is 9.89. The molecule has 1 aliphatic carbocycles. The van der Waals surface area contributed by atoms with Gasteiger partial charge in [0, 0.05) is 10.5 Å². The summed E-state index contributed by atoms with van der Waals surface area (Å²) in [5.41, 5.74) is 3.06. The summed E-state index contributed by atoms with van der Waals surface area (Å²) in [5.74, 6) is -0.862. The Hall–Kier alpha value is -1.62. The van der Waals surface area contributed by atoms with Crippen molar-refractivity contribution in [2.75, 3.05) is 0 Å². The van der Waals surface area contributed by atoms with E-state index in [1.54, 1.807) is 6.08 Å².